The van der Waals surface area contributed by atoms with Crippen LogP contribution in [0.25, 0.3) is 0 Å². The molecule has 3 rings (SSSR count). The molecule has 2 aromatic rings. The summed E-state index contributed by atoms with van der Waals surface area (Å²) >= 11 is 9.28. The number of methoxy groups -OCH3 is 1. The molecule has 7 heteroatoms. The van der Waals surface area contributed by atoms with Crippen molar-refractivity contribution in [3.05, 3.63) is 74.5 Å². The van der Waals surface area contributed by atoms with Crippen molar-refractivity contribution in [2.24, 2.45) is 5.73 Å². The predicted octanol–water partition coefficient (Wildman–Crippen LogP) is 4.19. The Morgan fingerprint density at radius 2 is 1.92 bits per heavy atom. The van der Waals surface area contributed by atoms with Gasteiger partial charge < -0.3 is 15.2 Å². The Morgan fingerprint density at radius 1 is 1.23 bits per heavy atom. The largest absolute Gasteiger partial charge is 0.465 e. The highest BCUT2D eigenvalue weighted by molar-refractivity contribution is 9.10. The number of hydrogen-bond acceptors (Lipinski definition) is 5. The van der Waals surface area contributed by atoms with Gasteiger partial charge in [0.05, 0.1) is 7.11 Å². The van der Waals surface area contributed by atoms with Gasteiger partial charge in [0, 0.05) is 33.0 Å². The fourth-order valence-electron chi connectivity index (χ4n) is 2.89. The van der Waals surface area contributed by atoms with Gasteiger partial charge in [-0.1, -0.05) is 27.5 Å². The number of rotatable bonds is 4. The molecule has 0 spiro atoms. The third-order valence-corrected chi connectivity index (χ3v) is 4.89. The molecule has 26 heavy (non-hydrogen) atoms. The molecule has 134 valence electrons. The van der Waals surface area contributed by atoms with Gasteiger partial charge in [0.2, 0.25) is 5.88 Å². The number of Topliss-reactive ketones (excluding diaryl/α,β-unsaturated/α-hetero) is 1. The third kappa shape index (κ3) is 3.61. The van der Waals surface area contributed by atoms with Crippen molar-refractivity contribution >= 4 is 39.3 Å². The third-order valence-electron chi connectivity index (χ3n) is 4.14. The predicted molar refractivity (Wildman–Crippen MR) is 101 cm³/mol. The van der Waals surface area contributed by atoms with Crippen LogP contribution < -0.4 is 10.5 Å². The second-order valence-electron chi connectivity index (χ2n) is 5.74. The Hall–Kier alpha value is -2.31. The van der Waals surface area contributed by atoms with E-state index in [0.29, 0.717) is 21.9 Å². The zero-order valence-corrected chi connectivity index (χ0v) is 16.1. The van der Waals surface area contributed by atoms with E-state index >= 15 is 0 Å². The maximum Gasteiger partial charge on any atom is 0.339 e. The number of benzene rings is 2. The normalized spacial score (nSPS) is 15.9. The molecule has 0 bridgehead atoms. The Kier molecular flexibility index (Phi) is 5.34. The van der Waals surface area contributed by atoms with Crippen molar-refractivity contribution in [3.63, 3.8) is 0 Å². The van der Waals surface area contributed by atoms with Crippen LogP contribution in [0.3, 0.4) is 0 Å². The van der Waals surface area contributed by atoms with Crippen LogP contribution in [0, 0.1) is 0 Å². The van der Waals surface area contributed by atoms with Crippen LogP contribution in [0.4, 0.5) is 0 Å². The molecule has 0 saturated carbocycles. The first-order chi connectivity index (χ1) is 12.4. The van der Waals surface area contributed by atoms with E-state index in [1.54, 1.807) is 36.4 Å². The van der Waals surface area contributed by atoms with Crippen LogP contribution in [0.1, 0.15) is 28.3 Å². The monoisotopic (exact) mass is 435 g/mol. The number of hydrogen-bond donors (Lipinski definition) is 1. The van der Waals surface area contributed by atoms with Gasteiger partial charge in [-0.2, -0.15) is 0 Å². The Bertz CT molecular complexity index is 908. The van der Waals surface area contributed by atoms with Crippen LogP contribution in [-0.2, 0) is 9.53 Å². The van der Waals surface area contributed by atoms with Gasteiger partial charge in [-0.3, -0.25) is 4.79 Å². The van der Waals surface area contributed by atoms with Crippen molar-refractivity contribution in [2.45, 2.75) is 12.3 Å². The number of ketones is 1. The number of ether oxygens (including phenoxy) is 2. The minimum Gasteiger partial charge on any atom is -0.465 e. The molecular weight excluding hydrogens is 422 g/mol. The van der Waals surface area contributed by atoms with Crippen molar-refractivity contribution in [1.29, 1.82) is 0 Å². The highest BCUT2D eigenvalue weighted by atomic mass is 79.9. The number of halogens is 2. The van der Waals surface area contributed by atoms with Crippen molar-refractivity contribution in [2.75, 3.05) is 7.11 Å². The number of carbonyl (C=O) groups excluding carboxylic acids is 2. The van der Waals surface area contributed by atoms with E-state index in [1.165, 1.54) is 7.11 Å². The first kappa shape index (κ1) is 18.5. The molecule has 0 amide bonds. The van der Waals surface area contributed by atoms with Crippen LogP contribution in [0.2, 0.25) is 5.02 Å². The second kappa shape index (κ2) is 7.51. The lowest BCUT2D eigenvalue weighted by Crippen LogP contribution is -2.27. The first-order valence-corrected chi connectivity index (χ1v) is 8.92. The SMILES string of the molecule is COC(=O)C1=C(N)Oc2ccc(Br)cc2C1CC(=O)c1ccc(Cl)cc1. The Labute approximate surface area is 163 Å². The average Bonchev–Trinajstić information content (AvgIpc) is 2.62. The molecule has 1 unspecified atom stereocenters. The van der Waals surface area contributed by atoms with Crippen molar-refractivity contribution < 1.29 is 19.1 Å². The summed E-state index contributed by atoms with van der Waals surface area (Å²) in [6, 6.07) is 11.9. The summed E-state index contributed by atoms with van der Waals surface area (Å²) in [5, 5.41) is 0.543. The van der Waals surface area contributed by atoms with E-state index in [2.05, 4.69) is 15.9 Å². The van der Waals surface area contributed by atoms with Gasteiger partial charge in [0.1, 0.15) is 11.3 Å². The van der Waals surface area contributed by atoms with E-state index in [9.17, 15) is 9.59 Å². The maximum atomic E-state index is 12.8. The number of esters is 1. The number of nitrogens with two attached hydrogens (primary N) is 1. The lowest BCUT2D eigenvalue weighted by Gasteiger charge is -2.27. The van der Waals surface area contributed by atoms with Crippen LogP contribution in [0.15, 0.2) is 58.4 Å². The first-order valence-electron chi connectivity index (χ1n) is 7.74. The van der Waals surface area contributed by atoms with Crippen LogP contribution >= 0.6 is 27.5 Å². The fraction of sp³-hybridized carbons (Fsp3) is 0.158. The van der Waals surface area contributed by atoms with Gasteiger partial charge in [-0.05, 0) is 42.5 Å². The van der Waals surface area contributed by atoms with Crippen molar-refractivity contribution in [3.8, 4) is 5.75 Å². The molecule has 0 saturated heterocycles. The van der Waals surface area contributed by atoms with Gasteiger partial charge in [0.15, 0.2) is 5.78 Å². The summed E-state index contributed by atoms with van der Waals surface area (Å²) in [6.07, 6.45) is 0.0412. The molecule has 1 heterocycles. The topological polar surface area (TPSA) is 78.6 Å². The van der Waals surface area contributed by atoms with E-state index in [1.807, 2.05) is 6.07 Å². The highest BCUT2D eigenvalue weighted by Gasteiger charge is 2.35. The fourth-order valence-corrected chi connectivity index (χ4v) is 3.39. The molecule has 1 aliphatic heterocycles. The van der Waals surface area contributed by atoms with Crippen molar-refractivity contribution in [1.82, 2.24) is 0 Å². The summed E-state index contributed by atoms with van der Waals surface area (Å²) in [7, 11) is 1.26. The lowest BCUT2D eigenvalue weighted by atomic mass is 9.83. The van der Waals surface area contributed by atoms with E-state index < -0.39 is 11.9 Å². The summed E-state index contributed by atoms with van der Waals surface area (Å²) < 4.78 is 11.2. The van der Waals surface area contributed by atoms with E-state index in [4.69, 9.17) is 26.8 Å². The molecule has 1 aliphatic rings. The molecule has 0 radical (unpaired) electrons. The highest BCUT2D eigenvalue weighted by Crippen LogP contribution is 2.42. The van der Waals surface area contributed by atoms with Crippen LogP contribution in [-0.4, -0.2) is 18.9 Å². The zero-order chi connectivity index (χ0) is 18.8. The number of fused-ring (bicyclic) bond motifs is 1. The quantitative estimate of drug-likeness (QED) is 0.574. The minimum atomic E-state index is -0.623. The summed E-state index contributed by atoms with van der Waals surface area (Å²) in [5.74, 6) is -0.893. The smallest absolute Gasteiger partial charge is 0.339 e. The van der Waals surface area contributed by atoms with Gasteiger partial charge in [0.25, 0.3) is 0 Å². The summed E-state index contributed by atoms with van der Waals surface area (Å²) in [4.78, 5) is 25.0. The van der Waals surface area contributed by atoms with Gasteiger partial charge >= 0.3 is 5.97 Å². The molecule has 0 aliphatic carbocycles. The van der Waals surface area contributed by atoms with Gasteiger partial charge in [-0.25, -0.2) is 4.79 Å². The lowest BCUT2D eigenvalue weighted by molar-refractivity contribution is -0.136. The second-order valence-corrected chi connectivity index (χ2v) is 7.09. The molecule has 0 fully saturated rings. The van der Waals surface area contributed by atoms with E-state index in [-0.39, 0.29) is 23.7 Å². The van der Waals surface area contributed by atoms with Crippen LogP contribution in [0.5, 0.6) is 5.75 Å². The minimum absolute atomic E-state index is 0.0412. The Balaban J connectivity index is 2.02. The van der Waals surface area contributed by atoms with Gasteiger partial charge in [-0.15, -0.1) is 0 Å². The zero-order valence-electron chi connectivity index (χ0n) is 13.8. The van der Waals surface area contributed by atoms with E-state index in [0.717, 1.165) is 4.47 Å². The molecule has 2 N–H and O–H groups in total. The maximum absolute atomic E-state index is 12.8. The molecular formula is C19H15BrClNO4. The molecule has 5 nitrogen and oxygen atoms in total. The summed E-state index contributed by atoms with van der Waals surface area (Å²) in [6.45, 7) is 0. The summed E-state index contributed by atoms with van der Waals surface area (Å²) in [5.41, 5.74) is 7.28. The molecule has 2 aromatic carbocycles. The standard InChI is InChI=1S/C19H15BrClNO4/c1-25-19(24)17-14(9-15(23)10-2-5-12(21)6-3-10)13-8-11(20)4-7-16(13)26-18(17)22/h2-8,14H,9,22H2,1H3. The number of carbonyl (C=O) groups is 2. The molecule has 0 aromatic heterocycles. The Morgan fingerprint density at radius 3 is 2.58 bits per heavy atom. The molecule has 1 atom stereocenters. The average molecular weight is 437 g/mol.